The number of ether oxygens (including phenoxy) is 1. The van der Waals surface area contributed by atoms with E-state index in [0.717, 1.165) is 7.11 Å². The van der Waals surface area contributed by atoms with E-state index in [1.54, 1.807) is 0 Å². The highest BCUT2D eigenvalue weighted by Crippen LogP contribution is 2.44. The third kappa shape index (κ3) is 7.14. The van der Waals surface area contributed by atoms with E-state index in [2.05, 4.69) is 15.3 Å². The first-order valence-electron chi connectivity index (χ1n) is 14.8. The maximum Gasteiger partial charge on any atom is 0.417 e. The number of halogens is 9. The van der Waals surface area contributed by atoms with Crippen LogP contribution in [0.2, 0.25) is 0 Å². The summed E-state index contributed by atoms with van der Waals surface area (Å²) in [5.74, 6) is -6.69. The minimum absolute atomic E-state index is 0.00609. The number of hydrogen-bond acceptors (Lipinski definition) is 6. The number of carbonyl (C=O) groups is 2. The molecule has 0 aliphatic heterocycles. The van der Waals surface area contributed by atoms with Crippen LogP contribution >= 0.6 is 0 Å². The van der Waals surface area contributed by atoms with E-state index >= 15 is 0 Å². The molecule has 0 aliphatic carbocycles. The van der Waals surface area contributed by atoms with Crippen molar-refractivity contribution in [3.05, 3.63) is 101 Å². The molecule has 2 heterocycles. The second kappa shape index (κ2) is 13.8. The summed E-state index contributed by atoms with van der Waals surface area (Å²) in [7, 11) is 0.974. The number of hydrogen-bond donors (Lipinski definition) is 2. The molecular weight excluding hydrogens is 683 g/mol. The molecule has 2 atom stereocenters. The molecule has 0 spiro atoms. The van der Waals surface area contributed by atoms with Gasteiger partial charge in [-0.05, 0) is 48.4 Å². The molecule has 0 aliphatic rings. The van der Waals surface area contributed by atoms with Gasteiger partial charge in [0.2, 0.25) is 0 Å². The Morgan fingerprint density at radius 3 is 2.04 bits per heavy atom. The molecule has 0 fully saturated rings. The molecule has 0 bridgehead atoms. The molecule has 5 rings (SSSR count). The molecule has 0 radical (unpaired) electrons. The lowest BCUT2D eigenvalue weighted by atomic mass is 9.91. The predicted octanol–water partition coefficient (Wildman–Crippen LogP) is 8.15. The number of nitrogens with one attached hydrogen (secondary N) is 2. The molecule has 0 saturated carbocycles. The lowest BCUT2D eigenvalue weighted by molar-refractivity contribution is -0.143. The second-order valence-electron chi connectivity index (χ2n) is 11.1. The first kappa shape index (κ1) is 35.9. The molecule has 262 valence electrons. The van der Waals surface area contributed by atoms with Crippen LogP contribution in [0.1, 0.15) is 34.8 Å². The Morgan fingerprint density at radius 2 is 1.46 bits per heavy atom. The fourth-order valence-electron chi connectivity index (χ4n) is 5.58. The van der Waals surface area contributed by atoms with Gasteiger partial charge in [0.05, 0.1) is 23.7 Å². The third-order valence-corrected chi connectivity index (χ3v) is 7.91. The molecule has 0 saturated heterocycles. The summed E-state index contributed by atoms with van der Waals surface area (Å²) in [5, 5.41) is 4.17. The number of rotatable bonds is 9. The number of nitrogens with zero attached hydrogens (tertiary/aromatic N) is 2. The van der Waals surface area contributed by atoms with E-state index in [1.165, 1.54) is 55.7 Å². The smallest absolute Gasteiger partial charge is 0.417 e. The van der Waals surface area contributed by atoms with Gasteiger partial charge < -0.3 is 15.4 Å². The Bertz CT molecular complexity index is 2080. The summed E-state index contributed by atoms with van der Waals surface area (Å²) in [6, 6.07) is 5.78. The molecule has 3 aromatic carbocycles. The summed E-state index contributed by atoms with van der Waals surface area (Å²) in [4.78, 5) is 34.2. The first-order valence-corrected chi connectivity index (χ1v) is 14.8. The number of fused-ring (bicyclic) bond motifs is 2. The topological polar surface area (TPSA) is 93.2 Å². The van der Waals surface area contributed by atoms with Crippen molar-refractivity contribution in [1.29, 1.82) is 0 Å². The van der Waals surface area contributed by atoms with Crippen LogP contribution in [0.3, 0.4) is 0 Å². The average molecular weight is 709 g/mol. The molecule has 5 aromatic rings. The molecule has 2 aromatic heterocycles. The van der Waals surface area contributed by atoms with Crippen molar-refractivity contribution in [2.45, 2.75) is 44.2 Å². The third-order valence-electron chi connectivity index (χ3n) is 7.91. The number of carbonyl (C=O) groups excluding carboxylic acids is 2. The second-order valence-corrected chi connectivity index (χ2v) is 11.1. The zero-order valence-electron chi connectivity index (χ0n) is 25.9. The van der Waals surface area contributed by atoms with Crippen LogP contribution in [0.25, 0.3) is 32.9 Å². The van der Waals surface area contributed by atoms with Crippen LogP contribution in [0.15, 0.2) is 67.0 Å². The van der Waals surface area contributed by atoms with Crippen LogP contribution in [-0.2, 0) is 22.1 Å². The van der Waals surface area contributed by atoms with Gasteiger partial charge in [-0.3, -0.25) is 14.8 Å². The van der Waals surface area contributed by atoms with Crippen LogP contribution < -0.4 is 10.6 Å². The van der Waals surface area contributed by atoms with Crippen molar-refractivity contribution >= 4 is 39.4 Å². The lowest BCUT2D eigenvalue weighted by Gasteiger charge is -2.22. The quantitative estimate of drug-likeness (QED) is 0.119. The summed E-state index contributed by atoms with van der Waals surface area (Å²) in [5.41, 5.74) is -3.67. The Morgan fingerprint density at radius 1 is 0.840 bits per heavy atom. The van der Waals surface area contributed by atoms with E-state index in [9.17, 15) is 49.1 Å². The van der Waals surface area contributed by atoms with Crippen molar-refractivity contribution in [2.75, 3.05) is 12.4 Å². The fraction of sp³-hybridized carbons (Fsp3) is 0.235. The van der Waals surface area contributed by atoms with Crippen molar-refractivity contribution in [3.63, 3.8) is 0 Å². The lowest BCUT2D eigenvalue weighted by Crippen LogP contribution is -2.43. The SMILES string of the molecule is CC[C@@H](Nc1cc(F)c(C(=O)N[C@@H](Cc2ccc(-c3c(C(F)(F)F)cc(F)c4cccnc34)c3ncccc23)C(=O)OC)c(F)c1)C(F)(F)F. The van der Waals surface area contributed by atoms with Crippen molar-refractivity contribution in [2.24, 2.45) is 0 Å². The van der Waals surface area contributed by atoms with Crippen molar-refractivity contribution in [3.8, 4) is 11.1 Å². The molecule has 1 amide bonds. The minimum atomic E-state index is -5.00. The van der Waals surface area contributed by atoms with E-state index in [1.807, 2.05) is 5.32 Å². The first-order chi connectivity index (χ1) is 23.5. The zero-order chi connectivity index (χ0) is 36.5. The maximum atomic E-state index is 15.0. The van der Waals surface area contributed by atoms with Gasteiger partial charge in [-0.2, -0.15) is 26.3 Å². The van der Waals surface area contributed by atoms with Gasteiger partial charge in [0, 0.05) is 46.4 Å². The Labute approximate surface area is 277 Å². The number of esters is 1. The normalized spacial score (nSPS) is 13.3. The van der Waals surface area contributed by atoms with E-state index in [4.69, 9.17) is 4.74 Å². The highest BCUT2D eigenvalue weighted by Gasteiger charge is 2.39. The molecule has 16 heteroatoms. The van der Waals surface area contributed by atoms with Crippen LogP contribution in [-0.4, -0.2) is 47.2 Å². The number of alkyl halides is 6. The summed E-state index contributed by atoms with van der Waals surface area (Å²) in [6.07, 6.45) is -8.10. The van der Waals surface area contributed by atoms with E-state index in [-0.39, 0.29) is 32.9 Å². The van der Waals surface area contributed by atoms with Gasteiger partial charge in [-0.1, -0.05) is 25.1 Å². The number of benzene rings is 3. The van der Waals surface area contributed by atoms with Crippen molar-refractivity contribution < 1.29 is 53.8 Å². The monoisotopic (exact) mass is 708 g/mol. The number of amides is 1. The van der Waals surface area contributed by atoms with Crippen molar-refractivity contribution in [1.82, 2.24) is 15.3 Å². The van der Waals surface area contributed by atoms with E-state index < -0.39 is 89.0 Å². The standard InChI is InChI=1S/C34H25F9N4O3/c1-3-26(34(41,42)43)46-17-13-23(36)28(24(37)14-17)31(48)47-25(32(49)50-2)12-16-8-9-20(29-18(16)6-4-10-44-29)27-21(33(38,39)40)15-22(35)19-7-5-11-45-30(19)27/h4-11,13-15,25-26,46H,3,12H2,1-2H3,(H,47,48)/t25-,26+/m0/s1. The van der Waals surface area contributed by atoms with Gasteiger partial charge in [-0.15, -0.1) is 0 Å². The van der Waals surface area contributed by atoms with E-state index in [0.29, 0.717) is 18.2 Å². The van der Waals surface area contributed by atoms with Gasteiger partial charge >= 0.3 is 18.3 Å². The highest BCUT2D eigenvalue weighted by atomic mass is 19.4. The number of pyridine rings is 2. The van der Waals surface area contributed by atoms with Gasteiger partial charge in [0.25, 0.3) is 5.91 Å². The van der Waals surface area contributed by atoms with Crippen LogP contribution in [0.5, 0.6) is 0 Å². The fourth-order valence-corrected chi connectivity index (χ4v) is 5.58. The Hall–Kier alpha value is -5.41. The number of aromatic nitrogens is 2. The van der Waals surface area contributed by atoms with Gasteiger partial charge in [0.1, 0.15) is 35.1 Å². The van der Waals surface area contributed by atoms with Crippen LogP contribution in [0.4, 0.5) is 45.2 Å². The maximum absolute atomic E-state index is 15.0. The number of methoxy groups -OCH3 is 1. The molecule has 2 N–H and O–H groups in total. The largest absolute Gasteiger partial charge is 0.467 e. The molecule has 50 heavy (non-hydrogen) atoms. The Kier molecular flexibility index (Phi) is 9.93. The molecular formula is C34H25F9N4O3. The predicted molar refractivity (Wildman–Crippen MR) is 165 cm³/mol. The average Bonchev–Trinajstić information content (AvgIpc) is 3.05. The highest BCUT2D eigenvalue weighted by molar-refractivity contribution is 6.05. The van der Waals surface area contributed by atoms with Gasteiger partial charge in [-0.25, -0.2) is 18.0 Å². The Balaban J connectivity index is 1.53. The van der Waals surface area contributed by atoms with Crippen LogP contribution in [0, 0.1) is 17.5 Å². The summed E-state index contributed by atoms with van der Waals surface area (Å²) >= 11 is 0. The minimum Gasteiger partial charge on any atom is -0.467 e. The van der Waals surface area contributed by atoms with Gasteiger partial charge in [0.15, 0.2) is 0 Å². The molecule has 7 nitrogen and oxygen atoms in total. The zero-order valence-corrected chi connectivity index (χ0v) is 25.9. The molecule has 0 unspecified atom stereocenters. The summed E-state index contributed by atoms with van der Waals surface area (Å²) in [6.45, 7) is 1.21. The number of anilines is 1. The summed E-state index contributed by atoms with van der Waals surface area (Å²) < 4.78 is 132.